The van der Waals surface area contributed by atoms with Gasteiger partial charge in [-0.15, -0.1) is 0 Å². The Kier molecular flexibility index (Phi) is 41.6. The van der Waals surface area contributed by atoms with Crippen molar-refractivity contribution < 1.29 is 14.4 Å². The van der Waals surface area contributed by atoms with Crippen LogP contribution in [0.2, 0.25) is 0 Å². The van der Waals surface area contributed by atoms with Gasteiger partial charge >= 0.3 is 0 Å². The SMILES string of the molecule is CC(C)=O.CC(C)=O.CC(C)=O.Cc1ccccc1.Cc1ccccc1.Cc1ccccc1.Cc1ccccc1.Cc1ccccc1.Cc1ccccc1.Cc1ccccc1. The third-order valence-electron chi connectivity index (χ3n) is 6.58. The van der Waals surface area contributed by atoms with E-state index in [9.17, 15) is 14.4 Å². The van der Waals surface area contributed by atoms with Crippen LogP contribution in [-0.2, 0) is 14.4 Å². The summed E-state index contributed by atoms with van der Waals surface area (Å²) in [7, 11) is 0. The first-order chi connectivity index (χ1) is 29.0. The maximum absolute atomic E-state index is 9.44. The van der Waals surface area contributed by atoms with E-state index < -0.39 is 0 Å². The van der Waals surface area contributed by atoms with Crippen molar-refractivity contribution in [3.63, 3.8) is 0 Å². The van der Waals surface area contributed by atoms with Crippen LogP contribution in [0.3, 0.4) is 0 Å². The fraction of sp³-hybridized carbons (Fsp3) is 0.224. The molecule has 0 aliphatic rings. The van der Waals surface area contributed by atoms with E-state index in [-0.39, 0.29) is 17.3 Å². The second kappa shape index (κ2) is 43.1. The fourth-order valence-corrected chi connectivity index (χ4v) is 3.74. The van der Waals surface area contributed by atoms with Gasteiger partial charge in [0.25, 0.3) is 0 Å². The number of rotatable bonds is 0. The number of aryl methyl sites for hydroxylation is 7. The van der Waals surface area contributed by atoms with Crippen LogP contribution in [0, 0.1) is 48.5 Å². The molecule has 0 aliphatic carbocycles. The fourth-order valence-electron chi connectivity index (χ4n) is 3.74. The summed E-state index contributed by atoms with van der Waals surface area (Å²) in [6.07, 6.45) is 0. The van der Waals surface area contributed by atoms with Crippen LogP contribution in [0.1, 0.15) is 80.5 Å². The zero-order valence-electron chi connectivity index (χ0n) is 39.4. The van der Waals surface area contributed by atoms with Crippen molar-refractivity contribution in [3.05, 3.63) is 251 Å². The molecule has 0 N–H and O–H groups in total. The summed E-state index contributed by atoms with van der Waals surface area (Å²) in [5.74, 6) is 0.500. The Hall–Kier alpha value is -6.45. The molecule has 0 bridgehead atoms. The standard InChI is InChI=1S/7C7H8.3C3H6O/c7*1-7-5-3-2-4-6-7;3*1-3(2)4/h7*2-6H,1H3;3*1-2H3. The Balaban J connectivity index is -0.000000618. The molecule has 3 heteroatoms. The highest BCUT2D eigenvalue weighted by Gasteiger charge is 1.76. The zero-order valence-corrected chi connectivity index (χ0v) is 39.4. The van der Waals surface area contributed by atoms with E-state index in [1.807, 2.05) is 127 Å². The van der Waals surface area contributed by atoms with Gasteiger partial charge in [0.2, 0.25) is 0 Å². The summed E-state index contributed by atoms with van der Waals surface area (Å²) in [6, 6.07) is 71.8. The lowest BCUT2D eigenvalue weighted by atomic mass is 10.2. The molecule has 0 aliphatic heterocycles. The molecule has 0 unspecified atom stereocenters. The Morgan fingerprint density at radius 1 is 0.197 bits per heavy atom. The second-order valence-electron chi connectivity index (χ2n) is 14.3. The quantitative estimate of drug-likeness (QED) is 0.153. The lowest BCUT2D eigenvalue weighted by molar-refractivity contribution is -0.115. The van der Waals surface area contributed by atoms with Crippen molar-refractivity contribution in [2.45, 2.75) is 90.0 Å². The molecule has 7 aromatic carbocycles. The van der Waals surface area contributed by atoms with Crippen molar-refractivity contribution in [1.29, 1.82) is 0 Å². The molecule has 0 atom stereocenters. The van der Waals surface area contributed by atoms with Gasteiger partial charge in [-0.25, -0.2) is 0 Å². The minimum absolute atomic E-state index is 0.167. The molecule has 0 amide bonds. The monoisotopic (exact) mass is 819 g/mol. The highest BCUT2D eigenvalue weighted by Crippen LogP contribution is 1.96. The Morgan fingerprint density at radius 3 is 0.295 bits per heavy atom. The summed E-state index contributed by atoms with van der Waals surface area (Å²) < 4.78 is 0. The van der Waals surface area contributed by atoms with E-state index in [2.05, 4.69) is 133 Å². The van der Waals surface area contributed by atoms with Crippen LogP contribution < -0.4 is 0 Å². The molecule has 0 saturated heterocycles. The van der Waals surface area contributed by atoms with E-state index in [1.54, 1.807) is 0 Å². The number of hydrogen-bond donors (Lipinski definition) is 0. The van der Waals surface area contributed by atoms with Crippen LogP contribution in [0.15, 0.2) is 212 Å². The molecule has 0 aromatic heterocycles. The first-order valence-corrected chi connectivity index (χ1v) is 20.5. The average Bonchev–Trinajstić information content (AvgIpc) is 3.21. The molecule has 7 rings (SSSR count). The Bertz CT molecular complexity index is 1550. The Labute approximate surface area is 371 Å². The highest BCUT2D eigenvalue weighted by atomic mass is 16.1. The number of benzene rings is 7. The van der Waals surface area contributed by atoms with Gasteiger partial charge < -0.3 is 14.4 Å². The molecule has 0 spiro atoms. The molecule has 0 radical (unpaired) electrons. The van der Waals surface area contributed by atoms with E-state index in [0.717, 1.165) is 0 Å². The summed E-state index contributed by atoms with van der Waals surface area (Å²) in [6.45, 7) is 23.7. The van der Waals surface area contributed by atoms with Crippen LogP contribution in [0.25, 0.3) is 0 Å². The van der Waals surface area contributed by atoms with Gasteiger partial charge in [-0.1, -0.05) is 251 Å². The minimum Gasteiger partial charge on any atom is -0.300 e. The number of ketones is 3. The van der Waals surface area contributed by atoms with Crippen molar-refractivity contribution in [2.24, 2.45) is 0 Å². The van der Waals surface area contributed by atoms with E-state index in [1.165, 1.54) is 80.5 Å². The lowest BCUT2D eigenvalue weighted by Crippen LogP contribution is -1.69. The number of carbonyl (C=O) groups is 3. The van der Waals surface area contributed by atoms with Gasteiger partial charge in [-0.3, -0.25) is 0 Å². The zero-order chi connectivity index (χ0) is 46.5. The van der Waals surface area contributed by atoms with Gasteiger partial charge in [-0.05, 0) is 90.0 Å². The van der Waals surface area contributed by atoms with Gasteiger partial charge in [0, 0.05) is 0 Å². The maximum Gasteiger partial charge on any atom is 0.126 e. The highest BCUT2D eigenvalue weighted by molar-refractivity contribution is 5.72. The lowest BCUT2D eigenvalue weighted by Gasteiger charge is -1.82. The third-order valence-corrected chi connectivity index (χ3v) is 6.58. The summed E-state index contributed by atoms with van der Waals surface area (Å²) in [5.41, 5.74) is 9.25. The first kappa shape index (κ1) is 58.9. The van der Waals surface area contributed by atoms with Crippen molar-refractivity contribution in [3.8, 4) is 0 Å². The molecular formula is C58H74O3. The number of Topliss-reactive ketones (excluding diaryl/α,β-unsaturated/α-hetero) is 3. The van der Waals surface area contributed by atoms with Gasteiger partial charge in [-0.2, -0.15) is 0 Å². The molecule has 61 heavy (non-hydrogen) atoms. The molecule has 0 heterocycles. The first-order valence-electron chi connectivity index (χ1n) is 20.5. The minimum atomic E-state index is 0.167. The van der Waals surface area contributed by atoms with Crippen LogP contribution in [-0.4, -0.2) is 17.3 Å². The topological polar surface area (TPSA) is 51.2 Å². The van der Waals surface area contributed by atoms with Crippen LogP contribution >= 0.6 is 0 Å². The summed E-state index contributed by atoms with van der Waals surface area (Å²) >= 11 is 0. The van der Waals surface area contributed by atoms with Crippen molar-refractivity contribution >= 4 is 17.3 Å². The molecule has 0 fully saturated rings. The average molecular weight is 819 g/mol. The largest absolute Gasteiger partial charge is 0.300 e. The normalized spacial score (nSPS) is 8.28. The summed E-state index contributed by atoms with van der Waals surface area (Å²) in [5, 5.41) is 0. The molecule has 0 saturated carbocycles. The molecular weight excluding hydrogens is 745 g/mol. The van der Waals surface area contributed by atoms with E-state index in [4.69, 9.17) is 0 Å². The molecule has 7 aromatic rings. The molecule has 324 valence electrons. The second-order valence-corrected chi connectivity index (χ2v) is 14.3. The molecule has 3 nitrogen and oxygen atoms in total. The Morgan fingerprint density at radius 2 is 0.262 bits per heavy atom. The van der Waals surface area contributed by atoms with E-state index in [0.29, 0.717) is 0 Å². The van der Waals surface area contributed by atoms with Gasteiger partial charge in [0.1, 0.15) is 17.3 Å². The van der Waals surface area contributed by atoms with Gasteiger partial charge in [0.05, 0.1) is 0 Å². The number of hydrogen-bond acceptors (Lipinski definition) is 3. The van der Waals surface area contributed by atoms with Crippen molar-refractivity contribution in [2.75, 3.05) is 0 Å². The van der Waals surface area contributed by atoms with E-state index >= 15 is 0 Å². The van der Waals surface area contributed by atoms with Gasteiger partial charge in [0.15, 0.2) is 0 Å². The predicted molar refractivity (Wildman–Crippen MR) is 267 cm³/mol. The van der Waals surface area contributed by atoms with Crippen LogP contribution in [0.4, 0.5) is 0 Å². The van der Waals surface area contributed by atoms with Crippen molar-refractivity contribution in [1.82, 2.24) is 0 Å². The number of carbonyl (C=O) groups excluding carboxylic acids is 3. The predicted octanol–water partition coefficient (Wildman–Crippen LogP) is 15.8. The smallest absolute Gasteiger partial charge is 0.126 e. The maximum atomic E-state index is 9.44. The van der Waals surface area contributed by atoms with Crippen LogP contribution in [0.5, 0.6) is 0 Å². The summed E-state index contributed by atoms with van der Waals surface area (Å²) in [4.78, 5) is 28.3. The third kappa shape index (κ3) is 58.0.